The van der Waals surface area contributed by atoms with Gasteiger partial charge in [0.2, 0.25) is 5.89 Å². The fourth-order valence-corrected chi connectivity index (χ4v) is 2.96. The summed E-state index contributed by atoms with van der Waals surface area (Å²) in [5, 5.41) is 8.41. The molecule has 8 heteroatoms. The lowest BCUT2D eigenvalue weighted by atomic mass is 10.2. The summed E-state index contributed by atoms with van der Waals surface area (Å²) in [4.78, 5) is 26.4. The molecule has 0 radical (unpaired) electrons. The Morgan fingerprint density at radius 1 is 1.23 bits per heavy atom. The summed E-state index contributed by atoms with van der Waals surface area (Å²) in [5.74, 6) is 1.03. The molecule has 3 aromatic rings. The van der Waals surface area contributed by atoms with Gasteiger partial charge in [-0.1, -0.05) is 54.2 Å². The Labute approximate surface area is 153 Å². The van der Waals surface area contributed by atoms with Crippen molar-refractivity contribution in [3.8, 4) is 0 Å². The largest absolute Gasteiger partial charge is 0.416 e. The highest BCUT2D eigenvalue weighted by atomic mass is 32.2. The second-order valence-corrected chi connectivity index (χ2v) is 6.63. The molecule has 1 aromatic carbocycles. The summed E-state index contributed by atoms with van der Waals surface area (Å²) in [6, 6.07) is 10.0. The van der Waals surface area contributed by atoms with Crippen molar-refractivity contribution in [2.24, 2.45) is 7.05 Å². The zero-order valence-electron chi connectivity index (χ0n) is 14.4. The zero-order chi connectivity index (χ0) is 18.5. The third-order valence-electron chi connectivity index (χ3n) is 3.80. The van der Waals surface area contributed by atoms with Crippen LogP contribution in [0.25, 0.3) is 6.08 Å². The van der Waals surface area contributed by atoms with Gasteiger partial charge in [-0.15, -0.1) is 10.2 Å². The predicted molar refractivity (Wildman–Crippen MR) is 100 cm³/mol. The molecule has 0 spiro atoms. The van der Waals surface area contributed by atoms with Gasteiger partial charge in [0.15, 0.2) is 0 Å². The van der Waals surface area contributed by atoms with Crippen LogP contribution in [0.2, 0.25) is 0 Å². The van der Waals surface area contributed by atoms with E-state index in [-0.39, 0.29) is 12.0 Å². The van der Waals surface area contributed by atoms with Crippen LogP contribution in [-0.4, -0.2) is 25.5 Å². The van der Waals surface area contributed by atoms with Crippen LogP contribution in [0, 0.1) is 6.92 Å². The van der Waals surface area contributed by atoms with Gasteiger partial charge in [0.05, 0.1) is 6.42 Å². The third kappa shape index (κ3) is 4.20. The summed E-state index contributed by atoms with van der Waals surface area (Å²) in [6.45, 7) is 1.68. The standard InChI is InChI=1S/C18H18N4O3S/c1-12-14(16(23)22(2)17(24)19-12)11-15-20-21-18(25-15)26-10-6-9-13-7-4-3-5-8-13/h3-9H,10-11H2,1-2H3,(H,19,24)/b9-6+. The van der Waals surface area contributed by atoms with Gasteiger partial charge in [0, 0.05) is 24.1 Å². The monoisotopic (exact) mass is 370 g/mol. The highest BCUT2D eigenvalue weighted by molar-refractivity contribution is 7.99. The number of nitrogens with one attached hydrogen (secondary N) is 1. The number of hydrogen-bond acceptors (Lipinski definition) is 6. The molecule has 26 heavy (non-hydrogen) atoms. The zero-order valence-corrected chi connectivity index (χ0v) is 15.2. The number of hydrogen-bond donors (Lipinski definition) is 1. The molecule has 2 heterocycles. The van der Waals surface area contributed by atoms with Gasteiger partial charge in [0.25, 0.3) is 10.8 Å². The first-order valence-corrected chi connectivity index (χ1v) is 8.98. The van der Waals surface area contributed by atoms with Crippen LogP contribution in [0.4, 0.5) is 0 Å². The van der Waals surface area contributed by atoms with E-state index in [1.54, 1.807) is 6.92 Å². The number of aryl methyl sites for hydroxylation is 1. The maximum absolute atomic E-state index is 12.2. The molecule has 0 atom stereocenters. The smallest absolute Gasteiger partial charge is 0.328 e. The van der Waals surface area contributed by atoms with Crippen LogP contribution in [0.1, 0.15) is 22.7 Å². The minimum atomic E-state index is -0.441. The summed E-state index contributed by atoms with van der Waals surface area (Å²) < 4.78 is 6.62. The lowest BCUT2D eigenvalue weighted by Gasteiger charge is -2.04. The topological polar surface area (TPSA) is 93.8 Å². The first kappa shape index (κ1) is 17.9. The number of aromatic nitrogens is 4. The molecule has 0 amide bonds. The molecule has 0 saturated heterocycles. The summed E-state index contributed by atoms with van der Waals surface area (Å²) >= 11 is 1.42. The molecule has 0 fully saturated rings. The van der Waals surface area contributed by atoms with E-state index >= 15 is 0 Å². The molecular formula is C18H18N4O3S. The van der Waals surface area contributed by atoms with Crippen molar-refractivity contribution in [3.63, 3.8) is 0 Å². The molecule has 2 aromatic heterocycles. The predicted octanol–water partition coefficient (Wildman–Crippen LogP) is 2.16. The van der Waals surface area contributed by atoms with Crippen molar-refractivity contribution in [2.75, 3.05) is 5.75 Å². The average molecular weight is 370 g/mol. The highest BCUT2D eigenvalue weighted by Crippen LogP contribution is 2.18. The van der Waals surface area contributed by atoms with Gasteiger partial charge in [-0.3, -0.25) is 9.36 Å². The first-order chi connectivity index (χ1) is 12.5. The molecular weight excluding hydrogens is 352 g/mol. The number of thioether (sulfide) groups is 1. The fourth-order valence-electron chi connectivity index (χ4n) is 2.37. The second kappa shape index (κ2) is 8.01. The van der Waals surface area contributed by atoms with E-state index in [4.69, 9.17) is 4.42 Å². The Morgan fingerprint density at radius 2 is 2.00 bits per heavy atom. The number of aromatic amines is 1. The Kier molecular flexibility index (Phi) is 5.52. The van der Waals surface area contributed by atoms with E-state index in [9.17, 15) is 9.59 Å². The van der Waals surface area contributed by atoms with Gasteiger partial charge < -0.3 is 9.40 Å². The van der Waals surface area contributed by atoms with E-state index in [1.807, 2.05) is 42.5 Å². The molecule has 0 bridgehead atoms. The maximum Gasteiger partial charge on any atom is 0.328 e. The van der Waals surface area contributed by atoms with Crippen molar-refractivity contribution in [1.29, 1.82) is 0 Å². The van der Waals surface area contributed by atoms with Crippen LogP contribution in [0.15, 0.2) is 55.6 Å². The lowest BCUT2D eigenvalue weighted by molar-refractivity contribution is 0.419. The summed E-state index contributed by atoms with van der Waals surface area (Å²) in [5.41, 5.74) is 1.28. The molecule has 3 rings (SSSR count). The molecule has 0 aliphatic carbocycles. The average Bonchev–Trinajstić information content (AvgIpc) is 3.09. The van der Waals surface area contributed by atoms with Gasteiger partial charge in [-0.2, -0.15) is 0 Å². The van der Waals surface area contributed by atoms with Crippen LogP contribution in [0.5, 0.6) is 0 Å². The Bertz CT molecular complexity index is 1030. The highest BCUT2D eigenvalue weighted by Gasteiger charge is 2.14. The van der Waals surface area contributed by atoms with E-state index in [2.05, 4.69) is 15.2 Å². The van der Waals surface area contributed by atoms with Crippen molar-refractivity contribution >= 4 is 17.8 Å². The lowest BCUT2D eigenvalue weighted by Crippen LogP contribution is -2.36. The molecule has 1 N–H and O–H groups in total. The molecule has 0 saturated carbocycles. The van der Waals surface area contributed by atoms with Crippen molar-refractivity contribution < 1.29 is 4.42 Å². The third-order valence-corrected chi connectivity index (χ3v) is 4.57. The second-order valence-electron chi connectivity index (χ2n) is 5.66. The molecule has 134 valence electrons. The summed E-state index contributed by atoms with van der Waals surface area (Å²) in [7, 11) is 1.43. The van der Waals surface area contributed by atoms with Crippen molar-refractivity contribution in [1.82, 2.24) is 19.7 Å². The Hall–Kier alpha value is -2.87. The van der Waals surface area contributed by atoms with Gasteiger partial charge in [0.1, 0.15) is 0 Å². The minimum absolute atomic E-state index is 0.183. The number of benzene rings is 1. The van der Waals surface area contributed by atoms with Crippen molar-refractivity contribution in [2.45, 2.75) is 18.6 Å². The van der Waals surface area contributed by atoms with Gasteiger partial charge in [-0.25, -0.2) is 4.79 Å². The number of nitrogens with zero attached hydrogens (tertiary/aromatic N) is 3. The Morgan fingerprint density at radius 3 is 2.77 bits per heavy atom. The number of H-pyrrole nitrogens is 1. The maximum atomic E-state index is 12.2. The summed E-state index contributed by atoms with van der Waals surface area (Å²) in [6.07, 6.45) is 4.23. The molecule has 7 nitrogen and oxygen atoms in total. The minimum Gasteiger partial charge on any atom is -0.416 e. The quantitative estimate of drug-likeness (QED) is 0.668. The Balaban J connectivity index is 1.64. The van der Waals surface area contributed by atoms with Crippen LogP contribution in [0.3, 0.4) is 0 Å². The number of rotatable bonds is 6. The van der Waals surface area contributed by atoms with E-state index in [0.717, 1.165) is 10.1 Å². The van der Waals surface area contributed by atoms with Crippen molar-refractivity contribution in [3.05, 3.63) is 80.0 Å². The van der Waals surface area contributed by atoms with Crippen LogP contribution < -0.4 is 11.2 Å². The van der Waals surface area contributed by atoms with Gasteiger partial charge >= 0.3 is 5.69 Å². The molecule has 0 aliphatic rings. The van der Waals surface area contributed by atoms with Crippen LogP contribution in [-0.2, 0) is 13.5 Å². The van der Waals surface area contributed by atoms with E-state index < -0.39 is 5.69 Å². The van der Waals surface area contributed by atoms with Crippen LogP contribution >= 0.6 is 11.8 Å². The van der Waals surface area contributed by atoms with E-state index in [0.29, 0.717) is 28.1 Å². The normalized spacial score (nSPS) is 11.3. The fraction of sp³-hybridized carbons (Fsp3) is 0.222. The molecule has 0 unspecified atom stereocenters. The first-order valence-electron chi connectivity index (χ1n) is 8.00. The van der Waals surface area contributed by atoms with Gasteiger partial charge in [-0.05, 0) is 12.5 Å². The SMILES string of the molecule is Cc1[nH]c(=O)n(C)c(=O)c1Cc1nnc(SC/C=C/c2ccccc2)o1. The molecule has 0 aliphatic heterocycles. The van der Waals surface area contributed by atoms with E-state index in [1.165, 1.54) is 18.8 Å².